The summed E-state index contributed by atoms with van der Waals surface area (Å²) in [6.07, 6.45) is 6.77. The molecule has 0 saturated heterocycles. The normalized spacial score (nSPS) is 11.7. The number of pyridine rings is 2. The molecule has 0 aliphatic rings. The number of nitrogens with zero attached hydrogens (tertiary/aromatic N) is 2. The van der Waals surface area contributed by atoms with E-state index in [9.17, 15) is 9.90 Å². The van der Waals surface area contributed by atoms with Crippen LogP contribution in [0.1, 0.15) is 22.8 Å². The highest BCUT2D eigenvalue weighted by molar-refractivity contribution is 5.73. The molecule has 2 aromatic rings. The van der Waals surface area contributed by atoms with Crippen LogP contribution in [-0.2, 0) is 6.42 Å². The number of aryl methyl sites for hydroxylation is 1. The van der Waals surface area contributed by atoms with Crippen molar-refractivity contribution in [2.45, 2.75) is 19.4 Å². The molecule has 3 N–H and O–H groups in total. The lowest BCUT2D eigenvalue weighted by Crippen LogP contribution is -2.38. The van der Waals surface area contributed by atoms with Crippen LogP contribution in [0, 0.1) is 6.92 Å². The summed E-state index contributed by atoms with van der Waals surface area (Å²) in [4.78, 5) is 19.6. The van der Waals surface area contributed by atoms with E-state index in [0.717, 1.165) is 23.1 Å². The zero-order valence-electron chi connectivity index (χ0n) is 12.5. The van der Waals surface area contributed by atoms with E-state index < -0.39 is 6.10 Å². The van der Waals surface area contributed by atoms with E-state index >= 15 is 0 Å². The molecule has 22 heavy (non-hydrogen) atoms. The lowest BCUT2D eigenvalue weighted by Gasteiger charge is -2.13. The summed E-state index contributed by atoms with van der Waals surface area (Å²) < 4.78 is 0. The van der Waals surface area contributed by atoms with Crippen LogP contribution in [0.5, 0.6) is 0 Å². The number of hydrogen-bond acceptors (Lipinski definition) is 4. The fraction of sp³-hybridized carbons (Fsp3) is 0.312. The number of amides is 2. The van der Waals surface area contributed by atoms with Gasteiger partial charge in [0.25, 0.3) is 0 Å². The molecule has 1 atom stereocenters. The van der Waals surface area contributed by atoms with Gasteiger partial charge >= 0.3 is 6.03 Å². The first-order valence-electron chi connectivity index (χ1n) is 7.16. The number of nitrogens with one attached hydrogen (secondary N) is 2. The van der Waals surface area contributed by atoms with Gasteiger partial charge in [0, 0.05) is 37.9 Å². The van der Waals surface area contributed by atoms with Crippen LogP contribution in [0.4, 0.5) is 4.79 Å². The minimum atomic E-state index is -0.740. The Kier molecular flexibility index (Phi) is 5.85. The summed E-state index contributed by atoms with van der Waals surface area (Å²) in [6, 6.07) is 5.09. The molecule has 0 aromatic carbocycles. The third kappa shape index (κ3) is 4.82. The van der Waals surface area contributed by atoms with Gasteiger partial charge in [0.05, 0.1) is 6.10 Å². The Balaban J connectivity index is 1.69. The first-order chi connectivity index (χ1) is 10.7. The first kappa shape index (κ1) is 15.9. The van der Waals surface area contributed by atoms with Crippen LogP contribution in [0.15, 0.2) is 43.0 Å². The Morgan fingerprint density at radius 2 is 1.91 bits per heavy atom. The monoisotopic (exact) mass is 300 g/mol. The zero-order valence-corrected chi connectivity index (χ0v) is 12.5. The smallest absolute Gasteiger partial charge is 0.314 e. The van der Waals surface area contributed by atoms with Gasteiger partial charge in [-0.25, -0.2) is 4.79 Å². The van der Waals surface area contributed by atoms with Crippen molar-refractivity contribution >= 4 is 6.03 Å². The number of aromatic nitrogens is 2. The largest absolute Gasteiger partial charge is 0.387 e. The Morgan fingerprint density at radius 3 is 2.64 bits per heavy atom. The number of urea groups is 1. The van der Waals surface area contributed by atoms with Gasteiger partial charge in [-0.2, -0.15) is 0 Å². The molecule has 0 fully saturated rings. The van der Waals surface area contributed by atoms with E-state index in [0.29, 0.717) is 6.54 Å². The quantitative estimate of drug-likeness (QED) is 0.752. The number of aliphatic hydroxyl groups is 1. The average Bonchev–Trinajstić information content (AvgIpc) is 2.55. The molecule has 2 aromatic heterocycles. The molecule has 2 rings (SSSR count). The number of aliphatic hydroxyl groups excluding tert-OH is 1. The van der Waals surface area contributed by atoms with Gasteiger partial charge in [0.15, 0.2) is 0 Å². The molecule has 0 saturated carbocycles. The minimum absolute atomic E-state index is 0.157. The van der Waals surface area contributed by atoms with Crippen molar-refractivity contribution in [2.75, 3.05) is 13.1 Å². The predicted octanol–water partition coefficient (Wildman–Crippen LogP) is 1.36. The van der Waals surface area contributed by atoms with E-state index in [-0.39, 0.29) is 12.6 Å². The maximum atomic E-state index is 11.7. The van der Waals surface area contributed by atoms with Crippen LogP contribution >= 0.6 is 0 Å². The van der Waals surface area contributed by atoms with E-state index in [2.05, 4.69) is 20.6 Å². The van der Waals surface area contributed by atoms with Gasteiger partial charge in [-0.05, 0) is 48.2 Å². The minimum Gasteiger partial charge on any atom is -0.387 e. The van der Waals surface area contributed by atoms with Crippen LogP contribution in [0.3, 0.4) is 0 Å². The molecule has 6 heteroatoms. The van der Waals surface area contributed by atoms with E-state index in [1.807, 2.05) is 13.0 Å². The van der Waals surface area contributed by atoms with E-state index in [1.54, 1.807) is 36.9 Å². The Labute approximate surface area is 129 Å². The lowest BCUT2D eigenvalue weighted by atomic mass is 10.1. The maximum absolute atomic E-state index is 11.7. The zero-order chi connectivity index (χ0) is 15.8. The van der Waals surface area contributed by atoms with Crippen molar-refractivity contribution < 1.29 is 9.90 Å². The highest BCUT2D eigenvalue weighted by Gasteiger charge is 2.08. The first-order valence-corrected chi connectivity index (χ1v) is 7.16. The number of rotatable bonds is 6. The molecule has 1 unspecified atom stereocenters. The summed E-state index contributed by atoms with van der Waals surface area (Å²) in [5, 5.41) is 15.4. The second-order valence-corrected chi connectivity index (χ2v) is 4.99. The third-order valence-electron chi connectivity index (χ3n) is 3.36. The summed E-state index contributed by atoms with van der Waals surface area (Å²) in [5.41, 5.74) is 2.99. The molecule has 116 valence electrons. The van der Waals surface area contributed by atoms with Crippen molar-refractivity contribution in [3.63, 3.8) is 0 Å². The highest BCUT2D eigenvalue weighted by Crippen LogP contribution is 2.09. The second-order valence-electron chi connectivity index (χ2n) is 4.99. The Morgan fingerprint density at radius 1 is 1.18 bits per heavy atom. The Bertz CT molecular complexity index is 604. The van der Waals surface area contributed by atoms with Crippen LogP contribution in [0.2, 0.25) is 0 Å². The van der Waals surface area contributed by atoms with Gasteiger partial charge < -0.3 is 15.7 Å². The molecule has 0 spiro atoms. The summed E-state index contributed by atoms with van der Waals surface area (Å²) in [5.74, 6) is 0. The number of hydrogen-bond donors (Lipinski definition) is 3. The maximum Gasteiger partial charge on any atom is 0.314 e. The van der Waals surface area contributed by atoms with Crippen molar-refractivity contribution in [3.8, 4) is 0 Å². The SMILES string of the molecule is Cc1cnccc1CCNC(=O)NCC(O)c1ccncc1. The van der Waals surface area contributed by atoms with Gasteiger partial charge in [0.1, 0.15) is 0 Å². The molecule has 6 nitrogen and oxygen atoms in total. The highest BCUT2D eigenvalue weighted by atomic mass is 16.3. The van der Waals surface area contributed by atoms with Gasteiger partial charge in [-0.3, -0.25) is 9.97 Å². The second kappa shape index (κ2) is 8.09. The lowest BCUT2D eigenvalue weighted by molar-refractivity contribution is 0.173. The van der Waals surface area contributed by atoms with Crippen LogP contribution in [-0.4, -0.2) is 34.2 Å². The van der Waals surface area contributed by atoms with Gasteiger partial charge in [-0.15, -0.1) is 0 Å². The molecule has 0 bridgehead atoms. The summed E-state index contributed by atoms with van der Waals surface area (Å²) >= 11 is 0. The van der Waals surface area contributed by atoms with E-state index in [4.69, 9.17) is 0 Å². The number of carbonyl (C=O) groups excluding carboxylic acids is 1. The third-order valence-corrected chi connectivity index (χ3v) is 3.36. The molecule has 0 aliphatic carbocycles. The van der Waals surface area contributed by atoms with Gasteiger partial charge in [-0.1, -0.05) is 0 Å². The van der Waals surface area contributed by atoms with E-state index in [1.165, 1.54) is 0 Å². The van der Waals surface area contributed by atoms with Crippen molar-refractivity contribution in [3.05, 3.63) is 59.7 Å². The summed E-state index contributed by atoms with van der Waals surface area (Å²) in [6.45, 7) is 2.68. The van der Waals surface area contributed by atoms with Gasteiger partial charge in [0.2, 0.25) is 0 Å². The van der Waals surface area contributed by atoms with Crippen molar-refractivity contribution in [1.82, 2.24) is 20.6 Å². The molecule has 2 heterocycles. The van der Waals surface area contributed by atoms with Crippen molar-refractivity contribution in [1.29, 1.82) is 0 Å². The fourth-order valence-corrected chi connectivity index (χ4v) is 2.05. The molecule has 0 aliphatic heterocycles. The fourth-order valence-electron chi connectivity index (χ4n) is 2.05. The molecule has 2 amide bonds. The average molecular weight is 300 g/mol. The number of carbonyl (C=O) groups is 1. The van der Waals surface area contributed by atoms with Crippen LogP contribution in [0.25, 0.3) is 0 Å². The molecule has 0 radical (unpaired) electrons. The molecular formula is C16H20N4O2. The van der Waals surface area contributed by atoms with Crippen LogP contribution < -0.4 is 10.6 Å². The molecular weight excluding hydrogens is 280 g/mol. The van der Waals surface area contributed by atoms with Crippen molar-refractivity contribution in [2.24, 2.45) is 0 Å². The topological polar surface area (TPSA) is 87.1 Å². The predicted molar refractivity (Wildman–Crippen MR) is 83.3 cm³/mol. The summed E-state index contributed by atoms with van der Waals surface area (Å²) in [7, 11) is 0. The standard InChI is InChI=1S/C16H20N4O2/c1-12-10-18-8-2-13(12)5-9-19-16(22)20-11-15(21)14-3-6-17-7-4-14/h2-4,6-8,10,15,21H,5,9,11H2,1H3,(H2,19,20,22). The Hall–Kier alpha value is -2.47.